The van der Waals surface area contributed by atoms with Crippen molar-refractivity contribution in [1.29, 1.82) is 0 Å². The predicted molar refractivity (Wildman–Crippen MR) is 69.1 cm³/mol. The van der Waals surface area contributed by atoms with Gasteiger partial charge in [0.2, 0.25) is 0 Å². The van der Waals surface area contributed by atoms with Gasteiger partial charge >= 0.3 is 5.97 Å². The number of carbonyl (C=O) groups excluding carboxylic acids is 1. The molecule has 1 rings (SSSR count). The number of ether oxygens (including phenoxy) is 1. The Kier molecular flexibility index (Phi) is 4.90. The Balaban J connectivity index is 2.84. The van der Waals surface area contributed by atoms with Gasteiger partial charge in [0, 0.05) is 0 Å². The molecule has 100 valence electrons. The van der Waals surface area contributed by atoms with E-state index >= 15 is 0 Å². The van der Waals surface area contributed by atoms with Crippen LogP contribution in [0.3, 0.4) is 0 Å². The molecular formula is C13H18O4S. The molecule has 1 aromatic rings. The van der Waals surface area contributed by atoms with E-state index in [1.54, 1.807) is 32.9 Å². The average Bonchev–Trinajstić information content (AvgIpc) is 2.29. The van der Waals surface area contributed by atoms with Crippen LogP contribution in [0.2, 0.25) is 0 Å². The molecule has 5 heteroatoms. The topological polar surface area (TPSA) is 60.4 Å². The number of hydrogen-bond donors (Lipinski definition) is 0. The molecule has 4 nitrogen and oxygen atoms in total. The number of hydrogen-bond acceptors (Lipinski definition) is 4. The zero-order valence-electron chi connectivity index (χ0n) is 10.8. The van der Waals surface area contributed by atoms with Crippen LogP contribution < -0.4 is 0 Å². The lowest BCUT2D eigenvalue weighted by Gasteiger charge is -2.08. The number of carbonyl (C=O) groups is 1. The molecule has 0 heterocycles. The zero-order chi connectivity index (χ0) is 13.8. The molecule has 0 saturated carbocycles. The summed E-state index contributed by atoms with van der Waals surface area (Å²) in [5.41, 5.74) is 0.746. The normalized spacial score (nSPS) is 11.6. The molecule has 0 aromatic heterocycles. The first-order valence-electron chi connectivity index (χ1n) is 5.86. The third-order valence-corrected chi connectivity index (χ3v) is 4.70. The van der Waals surface area contributed by atoms with Crippen LogP contribution in [0.5, 0.6) is 0 Å². The molecule has 0 unspecified atom stereocenters. The van der Waals surface area contributed by atoms with Gasteiger partial charge in [0.1, 0.15) is 0 Å². The molecule has 0 aliphatic heterocycles. The highest BCUT2D eigenvalue weighted by molar-refractivity contribution is 7.92. The zero-order valence-corrected chi connectivity index (χ0v) is 11.7. The molecule has 1 aromatic carbocycles. The van der Waals surface area contributed by atoms with E-state index in [4.69, 9.17) is 4.74 Å². The van der Waals surface area contributed by atoms with Gasteiger partial charge in [-0.15, -0.1) is 0 Å². The minimum Gasteiger partial charge on any atom is -0.466 e. The van der Waals surface area contributed by atoms with E-state index in [0.29, 0.717) is 6.61 Å². The first kappa shape index (κ1) is 14.7. The Bertz CT molecular complexity index is 500. The van der Waals surface area contributed by atoms with E-state index in [-0.39, 0.29) is 17.3 Å². The quantitative estimate of drug-likeness (QED) is 0.768. The van der Waals surface area contributed by atoms with Crippen molar-refractivity contribution in [2.24, 2.45) is 0 Å². The van der Waals surface area contributed by atoms with E-state index < -0.39 is 15.1 Å². The molecule has 0 bridgehead atoms. The van der Waals surface area contributed by atoms with Gasteiger partial charge in [-0.25, -0.2) is 8.42 Å². The van der Waals surface area contributed by atoms with Crippen LogP contribution >= 0.6 is 0 Å². The molecule has 0 radical (unpaired) electrons. The fraction of sp³-hybridized carbons (Fsp3) is 0.462. The maximum absolute atomic E-state index is 11.9. The first-order valence-corrected chi connectivity index (χ1v) is 7.41. The molecule has 0 aliphatic carbocycles. The van der Waals surface area contributed by atoms with Crippen LogP contribution in [-0.2, 0) is 25.8 Å². The molecule has 18 heavy (non-hydrogen) atoms. The summed E-state index contributed by atoms with van der Waals surface area (Å²) in [5.74, 6) is -0.308. The Hall–Kier alpha value is -1.36. The third-order valence-electron chi connectivity index (χ3n) is 2.53. The van der Waals surface area contributed by atoms with Gasteiger partial charge in [-0.3, -0.25) is 4.79 Å². The summed E-state index contributed by atoms with van der Waals surface area (Å²) < 4.78 is 28.6. The highest BCUT2D eigenvalue weighted by Gasteiger charge is 2.18. The SMILES string of the molecule is CCOC(=O)Cc1ccc(S(=O)(=O)C(C)C)cc1. The maximum Gasteiger partial charge on any atom is 0.310 e. The van der Waals surface area contributed by atoms with Crippen LogP contribution in [0.25, 0.3) is 0 Å². The van der Waals surface area contributed by atoms with Crippen molar-refractivity contribution in [2.75, 3.05) is 6.61 Å². The van der Waals surface area contributed by atoms with Crippen molar-refractivity contribution in [3.63, 3.8) is 0 Å². The second kappa shape index (κ2) is 6.00. The molecule has 0 spiro atoms. The number of rotatable bonds is 5. The Morgan fingerprint density at radius 3 is 2.22 bits per heavy atom. The first-order chi connectivity index (χ1) is 8.37. The van der Waals surface area contributed by atoms with E-state index in [2.05, 4.69) is 0 Å². The van der Waals surface area contributed by atoms with Gasteiger partial charge < -0.3 is 4.74 Å². The fourth-order valence-electron chi connectivity index (χ4n) is 1.45. The summed E-state index contributed by atoms with van der Waals surface area (Å²) in [6.45, 7) is 5.37. The third kappa shape index (κ3) is 3.57. The van der Waals surface area contributed by atoms with E-state index in [9.17, 15) is 13.2 Å². The van der Waals surface area contributed by atoms with Gasteiger partial charge in [0.05, 0.1) is 23.2 Å². The lowest BCUT2D eigenvalue weighted by Crippen LogP contribution is -2.14. The minimum atomic E-state index is -3.25. The van der Waals surface area contributed by atoms with Crippen molar-refractivity contribution < 1.29 is 17.9 Å². The lowest BCUT2D eigenvalue weighted by molar-refractivity contribution is -0.142. The van der Waals surface area contributed by atoms with Gasteiger partial charge in [-0.1, -0.05) is 12.1 Å². The monoisotopic (exact) mass is 270 g/mol. The summed E-state index contributed by atoms with van der Waals surface area (Å²) in [6.07, 6.45) is 0.163. The smallest absolute Gasteiger partial charge is 0.310 e. The molecule has 0 N–H and O–H groups in total. The minimum absolute atomic E-state index is 0.163. The number of benzene rings is 1. The second-order valence-corrected chi connectivity index (χ2v) is 6.72. The highest BCUT2D eigenvalue weighted by atomic mass is 32.2. The van der Waals surface area contributed by atoms with Crippen LogP contribution in [0.15, 0.2) is 29.2 Å². The molecule has 0 saturated heterocycles. The van der Waals surface area contributed by atoms with Crippen molar-refractivity contribution in [3.8, 4) is 0 Å². The second-order valence-electron chi connectivity index (χ2n) is 4.22. The van der Waals surface area contributed by atoms with E-state index in [0.717, 1.165) is 5.56 Å². The van der Waals surface area contributed by atoms with Crippen LogP contribution in [0.4, 0.5) is 0 Å². The van der Waals surface area contributed by atoms with Crippen LogP contribution in [0.1, 0.15) is 26.3 Å². The van der Waals surface area contributed by atoms with Gasteiger partial charge in [-0.05, 0) is 38.5 Å². The molecular weight excluding hydrogens is 252 g/mol. The summed E-state index contributed by atoms with van der Waals surface area (Å²) in [7, 11) is -3.25. The van der Waals surface area contributed by atoms with Gasteiger partial charge in [0.25, 0.3) is 0 Å². The number of sulfone groups is 1. The van der Waals surface area contributed by atoms with Gasteiger partial charge in [-0.2, -0.15) is 0 Å². The maximum atomic E-state index is 11.9. The largest absolute Gasteiger partial charge is 0.466 e. The Labute approximate surface area is 108 Å². The average molecular weight is 270 g/mol. The van der Waals surface area contributed by atoms with Crippen LogP contribution in [-0.4, -0.2) is 26.2 Å². The lowest BCUT2D eigenvalue weighted by atomic mass is 10.1. The molecule has 0 atom stereocenters. The number of esters is 1. The highest BCUT2D eigenvalue weighted by Crippen LogP contribution is 2.16. The summed E-state index contributed by atoms with van der Waals surface area (Å²) in [4.78, 5) is 11.5. The van der Waals surface area contributed by atoms with Crippen molar-refractivity contribution in [2.45, 2.75) is 37.3 Å². The van der Waals surface area contributed by atoms with E-state index in [1.165, 1.54) is 12.1 Å². The predicted octanol–water partition coefficient (Wildman–Crippen LogP) is 1.97. The summed E-state index contributed by atoms with van der Waals surface area (Å²) in [6, 6.07) is 6.35. The Morgan fingerprint density at radius 2 is 1.78 bits per heavy atom. The standard InChI is InChI=1S/C13H18O4S/c1-4-17-13(14)9-11-5-7-12(8-6-11)18(15,16)10(2)3/h5-8,10H,4,9H2,1-3H3. The summed E-state index contributed by atoms with van der Waals surface area (Å²) in [5, 5.41) is -0.451. The van der Waals surface area contributed by atoms with Crippen LogP contribution in [0, 0.1) is 0 Å². The fourth-order valence-corrected chi connectivity index (χ4v) is 2.51. The van der Waals surface area contributed by atoms with Gasteiger partial charge in [0.15, 0.2) is 9.84 Å². The summed E-state index contributed by atoms with van der Waals surface area (Å²) >= 11 is 0. The Morgan fingerprint density at radius 1 is 1.22 bits per heavy atom. The van der Waals surface area contributed by atoms with E-state index in [1.807, 2.05) is 0 Å². The van der Waals surface area contributed by atoms with Crippen molar-refractivity contribution in [3.05, 3.63) is 29.8 Å². The molecule has 0 aliphatic rings. The molecule has 0 fully saturated rings. The molecule has 0 amide bonds. The van der Waals surface area contributed by atoms with Crippen molar-refractivity contribution >= 4 is 15.8 Å². The van der Waals surface area contributed by atoms with Crippen molar-refractivity contribution in [1.82, 2.24) is 0 Å².